The molecule has 4 rings (SSSR count). The molecular weight excluding hydrogens is 402 g/mol. The summed E-state index contributed by atoms with van der Waals surface area (Å²) in [6.45, 7) is 0.0962. The zero-order valence-electron chi connectivity index (χ0n) is 15.1. The summed E-state index contributed by atoms with van der Waals surface area (Å²) in [6, 6.07) is 11.8. The van der Waals surface area contributed by atoms with Crippen molar-refractivity contribution >= 4 is 42.6 Å². The van der Waals surface area contributed by atoms with Gasteiger partial charge in [0.15, 0.2) is 16.6 Å². The quantitative estimate of drug-likeness (QED) is 0.697. The van der Waals surface area contributed by atoms with Gasteiger partial charge in [-0.05, 0) is 30.3 Å². The van der Waals surface area contributed by atoms with Crippen LogP contribution in [0.1, 0.15) is 0 Å². The van der Waals surface area contributed by atoms with Gasteiger partial charge in [-0.15, -0.1) is 0 Å². The largest absolute Gasteiger partial charge is 0.485 e. The molecule has 146 valence electrons. The first-order valence-corrected chi connectivity index (χ1v) is 10.6. The highest BCUT2D eigenvalue weighted by atomic mass is 32.2. The smallest absolute Gasteiger partial charge is 0.270 e. The molecule has 0 spiro atoms. The van der Waals surface area contributed by atoms with Crippen LogP contribution in [0.4, 0.5) is 5.13 Å². The average Bonchev–Trinajstić information content (AvgIpc) is 3.08. The first-order valence-electron chi connectivity index (χ1n) is 8.37. The molecule has 2 aromatic carbocycles. The number of aromatic nitrogens is 1. The van der Waals surface area contributed by atoms with Gasteiger partial charge in [-0.25, -0.2) is 17.7 Å². The summed E-state index contributed by atoms with van der Waals surface area (Å²) in [5.41, 5.74) is 0.601. The molecule has 0 saturated carbocycles. The van der Waals surface area contributed by atoms with Crippen molar-refractivity contribution in [2.45, 2.75) is 11.0 Å². The van der Waals surface area contributed by atoms with Crippen molar-refractivity contribution in [3.63, 3.8) is 0 Å². The lowest BCUT2D eigenvalue weighted by Gasteiger charge is -2.25. The van der Waals surface area contributed by atoms with E-state index in [4.69, 9.17) is 9.47 Å². The second-order valence-electron chi connectivity index (χ2n) is 6.29. The molecule has 1 amide bonds. The minimum Gasteiger partial charge on any atom is -0.485 e. The molecule has 28 heavy (non-hydrogen) atoms. The summed E-state index contributed by atoms with van der Waals surface area (Å²) in [5, 5.41) is 3.08. The highest BCUT2D eigenvalue weighted by Crippen LogP contribution is 2.32. The number of anilines is 1. The summed E-state index contributed by atoms with van der Waals surface area (Å²) < 4.78 is 37.6. The number of carbonyl (C=O) groups excluding carboxylic acids is 1. The SMILES string of the molecule is CN(C)S(=O)(=O)c1ccc2nc(NC(=O)C3COc4ccccc4O3)sc2c1. The summed E-state index contributed by atoms with van der Waals surface area (Å²) in [7, 11) is -0.590. The molecule has 1 aliphatic rings. The Morgan fingerprint density at radius 2 is 1.96 bits per heavy atom. The van der Waals surface area contributed by atoms with E-state index in [0.29, 0.717) is 26.8 Å². The Bertz CT molecular complexity index is 1160. The molecule has 1 unspecified atom stereocenters. The molecule has 1 aliphatic heterocycles. The van der Waals surface area contributed by atoms with Crippen LogP contribution in [0.3, 0.4) is 0 Å². The summed E-state index contributed by atoms with van der Waals surface area (Å²) >= 11 is 1.19. The van der Waals surface area contributed by atoms with Crippen LogP contribution in [0.15, 0.2) is 47.4 Å². The molecular formula is C18H17N3O5S2. The van der Waals surface area contributed by atoms with Gasteiger partial charge in [-0.3, -0.25) is 10.1 Å². The molecule has 1 aromatic heterocycles. The molecule has 2 heterocycles. The lowest BCUT2D eigenvalue weighted by atomic mass is 10.2. The van der Waals surface area contributed by atoms with Gasteiger partial charge in [-0.2, -0.15) is 0 Å². The first-order chi connectivity index (χ1) is 13.3. The number of nitrogens with zero attached hydrogens (tertiary/aromatic N) is 2. The van der Waals surface area contributed by atoms with Crippen LogP contribution in [0, 0.1) is 0 Å². The number of hydrogen-bond acceptors (Lipinski definition) is 7. The van der Waals surface area contributed by atoms with Gasteiger partial charge < -0.3 is 9.47 Å². The highest BCUT2D eigenvalue weighted by molar-refractivity contribution is 7.89. The van der Waals surface area contributed by atoms with E-state index < -0.39 is 16.1 Å². The maximum absolute atomic E-state index is 12.5. The summed E-state index contributed by atoms with van der Waals surface area (Å²) in [5.74, 6) is 0.729. The second-order valence-corrected chi connectivity index (χ2v) is 9.47. The number of benzene rings is 2. The van der Waals surface area contributed by atoms with Crippen LogP contribution in [-0.4, -0.2) is 50.4 Å². The van der Waals surface area contributed by atoms with Crippen LogP contribution in [-0.2, 0) is 14.8 Å². The van der Waals surface area contributed by atoms with Crippen molar-refractivity contribution in [1.29, 1.82) is 0 Å². The lowest BCUT2D eigenvalue weighted by molar-refractivity contribution is -0.125. The number of sulfonamides is 1. The van der Waals surface area contributed by atoms with E-state index in [1.54, 1.807) is 30.3 Å². The molecule has 1 N–H and O–H groups in total. The van der Waals surface area contributed by atoms with Crippen molar-refractivity contribution in [3.05, 3.63) is 42.5 Å². The van der Waals surface area contributed by atoms with E-state index in [-0.39, 0.29) is 17.4 Å². The Morgan fingerprint density at radius 3 is 2.71 bits per heavy atom. The predicted octanol–water partition coefficient (Wildman–Crippen LogP) is 2.33. The average molecular weight is 419 g/mol. The fourth-order valence-electron chi connectivity index (χ4n) is 2.66. The number of ether oxygens (including phenoxy) is 2. The Hall–Kier alpha value is -2.69. The number of para-hydroxylation sites is 2. The zero-order chi connectivity index (χ0) is 19.9. The van der Waals surface area contributed by atoms with Crippen LogP contribution in [0.2, 0.25) is 0 Å². The minimum atomic E-state index is -3.54. The van der Waals surface area contributed by atoms with E-state index in [2.05, 4.69) is 10.3 Å². The molecule has 0 radical (unpaired) electrons. The number of hydrogen-bond donors (Lipinski definition) is 1. The van der Waals surface area contributed by atoms with E-state index in [9.17, 15) is 13.2 Å². The number of fused-ring (bicyclic) bond motifs is 2. The minimum absolute atomic E-state index is 0.0962. The molecule has 3 aromatic rings. The van der Waals surface area contributed by atoms with Crippen molar-refractivity contribution in [2.24, 2.45) is 0 Å². The predicted molar refractivity (Wildman–Crippen MR) is 105 cm³/mol. The number of rotatable bonds is 4. The number of carbonyl (C=O) groups is 1. The van der Waals surface area contributed by atoms with E-state index >= 15 is 0 Å². The standard InChI is InChI=1S/C18H17N3O5S2/c1-21(2)28(23,24)11-7-8-12-16(9-11)27-18(19-12)20-17(22)15-10-25-13-5-3-4-6-14(13)26-15/h3-9,15H,10H2,1-2H3,(H,19,20,22). The normalized spacial score (nSPS) is 16.3. The Morgan fingerprint density at radius 1 is 1.21 bits per heavy atom. The lowest BCUT2D eigenvalue weighted by Crippen LogP contribution is -2.40. The van der Waals surface area contributed by atoms with Crippen molar-refractivity contribution < 1.29 is 22.7 Å². The van der Waals surface area contributed by atoms with E-state index in [1.807, 2.05) is 6.07 Å². The van der Waals surface area contributed by atoms with Crippen molar-refractivity contribution in [1.82, 2.24) is 9.29 Å². The van der Waals surface area contributed by atoms with Crippen molar-refractivity contribution in [2.75, 3.05) is 26.0 Å². The maximum atomic E-state index is 12.5. The molecule has 0 fully saturated rings. The fraction of sp³-hybridized carbons (Fsp3) is 0.222. The van der Waals surface area contributed by atoms with Gasteiger partial charge in [0.2, 0.25) is 16.1 Å². The first kappa shape index (κ1) is 18.7. The molecule has 8 nitrogen and oxygen atoms in total. The summed E-state index contributed by atoms with van der Waals surface area (Å²) in [4.78, 5) is 17.0. The van der Waals surface area contributed by atoms with Gasteiger partial charge in [0, 0.05) is 14.1 Å². The monoisotopic (exact) mass is 419 g/mol. The Balaban J connectivity index is 1.53. The van der Waals surface area contributed by atoms with Gasteiger partial charge >= 0.3 is 0 Å². The number of nitrogens with one attached hydrogen (secondary N) is 1. The van der Waals surface area contributed by atoms with Crippen LogP contribution >= 0.6 is 11.3 Å². The van der Waals surface area contributed by atoms with Gasteiger partial charge in [-0.1, -0.05) is 23.5 Å². The molecule has 0 saturated heterocycles. The maximum Gasteiger partial charge on any atom is 0.270 e. The van der Waals surface area contributed by atoms with Gasteiger partial charge in [0.25, 0.3) is 5.91 Å². The topological polar surface area (TPSA) is 97.8 Å². The van der Waals surface area contributed by atoms with Gasteiger partial charge in [0.1, 0.15) is 6.61 Å². The van der Waals surface area contributed by atoms with E-state index in [0.717, 1.165) is 4.31 Å². The second kappa shape index (κ2) is 7.04. The number of amides is 1. The molecule has 10 heteroatoms. The van der Waals surface area contributed by atoms with Crippen molar-refractivity contribution in [3.8, 4) is 11.5 Å². The molecule has 0 aliphatic carbocycles. The Labute approximate surface area is 165 Å². The van der Waals surface area contributed by atoms with Crippen LogP contribution in [0.25, 0.3) is 10.2 Å². The number of thiazole rings is 1. The molecule has 0 bridgehead atoms. The molecule has 1 atom stereocenters. The van der Waals surface area contributed by atoms with Crippen LogP contribution in [0.5, 0.6) is 11.5 Å². The van der Waals surface area contributed by atoms with Crippen LogP contribution < -0.4 is 14.8 Å². The third kappa shape index (κ3) is 3.41. The third-order valence-electron chi connectivity index (χ3n) is 4.17. The summed E-state index contributed by atoms with van der Waals surface area (Å²) in [6.07, 6.45) is -0.799. The third-order valence-corrected chi connectivity index (χ3v) is 6.91. The fourth-order valence-corrected chi connectivity index (χ4v) is 4.58. The zero-order valence-corrected chi connectivity index (χ0v) is 16.7. The Kier molecular flexibility index (Phi) is 4.69. The van der Waals surface area contributed by atoms with E-state index in [1.165, 1.54) is 31.5 Å². The highest BCUT2D eigenvalue weighted by Gasteiger charge is 2.28. The van der Waals surface area contributed by atoms with Gasteiger partial charge in [0.05, 0.1) is 15.1 Å².